The van der Waals surface area contributed by atoms with Crippen LogP contribution in [0.1, 0.15) is 37.4 Å². The molecule has 1 atom stereocenters. The van der Waals surface area contributed by atoms with Crippen LogP contribution < -0.4 is 10.9 Å². The number of alkyl halides is 3. The lowest BCUT2D eigenvalue weighted by Gasteiger charge is -2.20. The van der Waals surface area contributed by atoms with Gasteiger partial charge in [-0.1, -0.05) is 42.4 Å². The highest BCUT2D eigenvalue weighted by Gasteiger charge is 2.31. The Balaban J connectivity index is 1.47. The van der Waals surface area contributed by atoms with E-state index in [1.54, 1.807) is 19.1 Å². The second-order valence-corrected chi connectivity index (χ2v) is 10.2. The molecule has 7 nitrogen and oxygen atoms in total. The third kappa shape index (κ3) is 5.13. The Bertz CT molecular complexity index is 1470. The number of halogens is 3. The van der Waals surface area contributed by atoms with Gasteiger partial charge in [0.15, 0.2) is 11.0 Å². The molecule has 0 aromatic heterocycles. The molecule has 2 aromatic carbocycles. The molecule has 0 fully saturated rings. The monoisotopic (exact) mass is 527 g/mol. The van der Waals surface area contributed by atoms with Crippen LogP contribution in [0.25, 0.3) is 17.1 Å². The van der Waals surface area contributed by atoms with Crippen molar-refractivity contribution in [2.24, 2.45) is 0 Å². The lowest BCUT2D eigenvalue weighted by molar-refractivity contribution is -0.137. The van der Waals surface area contributed by atoms with E-state index in [-0.39, 0.29) is 11.2 Å². The molecule has 0 saturated heterocycles. The minimum absolute atomic E-state index is 0.0692. The van der Waals surface area contributed by atoms with Crippen molar-refractivity contribution in [2.75, 3.05) is 5.32 Å². The van der Waals surface area contributed by atoms with Crippen LogP contribution in [0.4, 0.5) is 18.9 Å². The fraction of sp³-hybridized carbons (Fsp3) is 0.308. The van der Waals surface area contributed by atoms with Gasteiger partial charge >= 0.3 is 6.18 Å². The minimum Gasteiger partial charge on any atom is -0.325 e. The molecular formula is C26H24F3N5O2S. The lowest BCUT2D eigenvalue weighted by Crippen LogP contribution is -2.24. The fourth-order valence-electron chi connectivity index (χ4n) is 4.42. The molecule has 37 heavy (non-hydrogen) atoms. The first-order chi connectivity index (χ1) is 17.7. The minimum atomic E-state index is -4.50. The maximum atomic E-state index is 13.4. The average molecular weight is 528 g/mol. The second kappa shape index (κ2) is 10.0. The van der Waals surface area contributed by atoms with Gasteiger partial charge in [0.2, 0.25) is 5.91 Å². The number of nitrogens with zero attached hydrogens (tertiary/aromatic N) is 4. The van der Waals surface area contributed by atoms with Crippen LogP contribution in [0.2, 0.25) is 0 Å². The molecule has 192 valence electrons. The molecule has 0 spiro atoms. The van der Waals surface area contributed by atoms with Crippen molar-refractivity contribution in [3.63, 3.8) is 0 Å². The summed E-state index contributed by atoms with van der Waals surface area (Å²) in [5.74, 6) is -0.136. The number of rotatable bonds is 5. The molecule has 5 rings (SSSR count). The Hall–Kier alpha value is -3.60. The zero-order valence-corrected chi connectivity index (χ0v) is 20.8. The molecule has 1 unspecified atom stereocenters. The molecule has 1 N–H and O–H groups in total. The molecule has 1 amide bonds. The smallest absolute Gasteiger partial charge is 0.325 e. The van der Waals surface area contributed by atoms with Crippen LogP contribution in [0.3, 0.4) is 0 Å². The summed E-state index contributed by atoms with van der Waals surface area (Å²) in [4.78, 5) is 30.9. The first-order valence-electron chi connectivity index (χ1n) is 11.9. The number of benzene rings is 2. The number of carbonyl (C=O) groups excluding carboxylic acids is 1. The highest BCUT2D eigenvalue weighted by molar-refractivity contribution is 8.00. The Labute approximate surface area is 215 Å². The molecule has 2 aromatic rings. The van der Waals surface area contributed by atoms with Crippen molar-refractivity contribution in [1.29, 1.82) is 0 Å². The van der Waals surface area contributed by atoms with Crippen LogP contribution in [0.5, 0.6) is 0 Å². The summed E-state index contributed by atoms with van der Waals surface area (Å²) in [5.41, 5.74) is 0.978. The Morgan fingerprint density at radius 3 is 2.62 bits per heavy atom. The van der Waals surface area contributed by atoms with Crippen LogP contribution >= 0.6 is 11.8 Å². The van der Waals surface area contributed by atoms with Gasteiger partial charge in [0.25, 0.3) is 5.56 Å². The van der Waals surface area contributed by atoms with Gasteiger partial charge in [0.1, 0.15) is 5.56 Å². The average Bonchev–Trinajstić information content (AvgIpc) is 3.03. The van der Waals surface area contributed by atoms with Gasteiger partial charge in [0, 0.05) is 17.9 Å². The van der Waals surface area contributed by atoms with Gasteiger partial charge in [-0.25, -0.2) is 4.98 Å². The van der Waals surface area contributed by atoms with E-state index in [9.17, 15) is 22.8 Å². The van der Waals surface area contributed by atoms with E-state index in [0.717, 1.165) is 37.1 Å². The number of thioether (sulfide) groups is 1. The molecule has 11 heteroatoms. The van der Waals surface area contributed by atoms with Gasteiger partial charge in [-0.05, 0) is 56.5 Å². The first kappa shape index (κ1) is 25.1. The standard InChI is InChI=1S/C26H24F3N5O2S/c1-16(23(35)30-18-10-8-9-17(15-18)26(27,28)29)37-25-31-22-21(20-13-6-3-7-14-33(20)25)24(36)34(32-22)19-11-4-2-5-12-19/h2,4-5,8-12,15-16H,3,6-7,13-14H2,1H3,(H,30,35). The number of aromatic nitrogens is 4. The molecule has 0 radical (unpaired) electrons. The summed E-state index contributed by atoms with van der Waals surface area (Å²) in [6, 6.07) is 13.7. The number of nitrogens with one attached hydrogen (secondary N) is 1. The molecule has 0 aliphatic carbocycles. The van der Waals surface area contributed by atoms with Crippen molar-refractivity contribution < 1.29 is 18.0 Å². The SMILES string of the molecule is CC(Sc1nc2nn(-c3ccccc3)c(=O)c-2c2n1CCCCC2)C(=O)Nc1cccc(C(F)(F)F)c1. The van der Waals surface area contributed by atoms with Gasteiger partial charge in [-0.15, -0.1) is 5.10 Å². The summed E-state index contributed by atoms with van der Waals surface area (Å²) < 4.78 is 42.5. The molecule has 3 aliphatic rings. The van der Waals surface area contributed by atoms with Crippen molar-refractivity contribution in [3.05, 3.63) is 76.2 Å². The number of carbonyl (C=O) groups is 1. The summed E-state index contributed by atoms with van der Waals surface area (Å²) in [7, 11) is 0. The third-order valence-corrected chi connectivity index (χ3v) is 7.37. The maximum Gasteiger partial charge on any atom is 0.416 e. The van der Waals surface area contributed by atoms with Gasteiger partial charge < -0.3 is 9.88 Å². The van der Waals surface area contributed by atoms with Gasteiger partial charge in [-0.2, -0.15) is 17.9 Å². The third-order valence-electron chi connectivity index (χ3n) is 6.28. The largest absolute Gasteiger partial charge is 0.416 e. The first-order valence-corrected chi connectivity index (χ1v) is 12.8. The summed E-state index contributed by atoms with van der Waals surface area (Å²) in [6.45, 7) is 2.32. The van der Waals surface area contributed by atoms with E-state index < -0.39 is 22.9 Å². The van der Waals surface area contributed by atoms with E-state index in [1.807, 2.05) is 22.8 Å². The fourth-order valence-corrected chi connectivity index (χ4v) is 5.37. The van der Waals surface area contributed by atoms with Crippen molar-refractivity contribution in [3.8, 4) is 17.1 Å². The highest BCUT2D eigenvalue weighted by atomic mass is 32.2. The van der Waals surface area contributed by atoms with E-state index in [1.165, 1.54) is 28.6 Å². The summed E-state index contributed by atoms with van der Waals surface area (Å²) in [6.07, 6.45) is -0.986. The zero-order chi connectivity index (χ0) is 26.2. The Kier molecular flexibility index (Phi) is 6.80. The number of anilines is 1. The molecular weight excluding hydrogens is 503 g/mol. The van der Waals surface area contributed by atoms with Crippen LogP contribution in [-0.4, -0.2) is 30.5 Å². The number of fused-ring (bicyclic) bond motifs is 3. The number of hydrogen-bond donors (Lipinski definition) is 1. The van der Waals surface area contributed by atoms with E-state index in [2.05, 4.69) is 15.4 Å². The topological polar surface area (TPSA) is 81.8 Å². The molecule has 3 heterocycles. The normalized spacial score (nSPS) is 14.7. The second-order valence-electron chi connectivity index (χ2n) is 8.88. The van der Waals surface area contributed by atoms with E-state index >= 15 is 0 Å². The zero-order valence-electron chi connectivity index (χ0n) is 20.0. The predicted octanol–water partition coefficient (Wildman–Crippen LogP) is 5.40. The van der Waals surface area contributed by atoms with E-state index in [4.69, 9.17) is 0 Å². The summed E-state index contributed by atoms with van der Waals surface area (Å²) >= 11 is 1.20. The molecule has 0 bridgehead atoms. The quantitative estimate of drug-likeness (QED) is 0.278. The van der Waals surface area contributed by atoms with Crippen molar-refractivity contribution >= 4 is 23.4 Å². The number of para-hydroxylation sites is 1. The van der Waals surface area contributed by atoms with Crippen LogP contribution in [0, 0.1) is 0 Å². The Morgan fingerprint density at radius 2 is 1.86 bits per heavy atom. The summed E-state index contributed by atoms with van der Waals surface area (Å²) in [5, 5.41) is 6.95. The predicted molar refractivity (Wildman–Crippen MR) is 135 cm³/mol. The number of hydrogen-bond acceptors (Lipinski definition) is 5. The van der Waals surface area contributed by atoms with Gasteiger partial charge in [-0.3, -0.25) is 9.59 Å². The van der Waals surface area contributed by atoms with Crippen LogP contribution in [-0.2, 0) is 23.9 Å². The van der Waals surface area contributed by atoms with Crippen LogP contribution in [0.15, 0.2) is 64.5 Å². The lowest BCUT2D eigenvalue weighted by atomic mass is 10.1. The van der Waals surface area contributed by atoms with E-state index in [0.29, 0.717) is 35.2 Å². The molecule has 0 saturated carbocycles. The van der Waals surface area contributed by atoms with Crippen molar-refractivity contribution in [1.82, 2.24) is 19.3 Å². The number of amides is 1. The Morgan fingerprint density at radius 1 is 1.08 bits per heavy atom. The molecule has 3 aliphatic heterocycles. The van der Waals surface area contributed by atoms with Crippen molar-refractivity contribution in [2.45, 2.75) is 55.7 Å². The van der Waals surface area contributed by atoms with Gasteiger partial charge in [0.05, 0.1) is 16.5 Å². The highest BCUT2D eigenvalue weighted by Crippen LogP contribution is 2.33. The maximum absolute atomic E-state index is 13.4.